The molecule has 0 aromatic heterocycles. The molecule has 0 heterocycles. The van der Waals surface area contributed by atoms with Gasteiger partial charge in [-0.25, -0.2) is 4.39 Å². The van der Waals surface area contributed by atoms with E-state index in [4.69, 9.17) is 27.5 Å². The summed E-state index contributed by atoms with van der Waals surface area (Å²) in [6, 6.07) is 11.0. The lowest BCUT2D eigenvalue weighted by atomic mass is 10.2. The fourth-order valence-corrected chi connectivity index (χ4v) is 1.90. The summed E-state index contributed by atoms with van der Waals surface area (Å²) in [6.45, 7) is 0.251. The quantitative estimate of drug-likeness (QED) is 0.666. The number of nitrogen functional groups attached to an aromatic ring is 1. The zero-order valence-corrected chi connectivity index (χ0v) is 10.7. The van der Waals surface area contributed by atoms with Crippen LogP contribution in [0.4, 0.5) is 4.39 Å². The highest BCUT2D eigenvalue weighted by Gasteiger charge is 2.11. The van der Waals surface area contributed by atoms with Crippen LogP contribution in [0.1, 0.15) is 11.1 Å². The van der Waals surface area contributed by atoms with Gasteiger partial charge in [0.15, 0.2) is 0 Å². The number of halogens is 2. The average molecular weight is 279 g/mol. The molecule has 0 aliphatic rings. The lowest BCUT2D eigenvalue weighted by Crippen LogP contribution is -2.13. The molecule has 0 unspecified atom stereocenters. The molecule has 0 bridgehead atoms. The fraction of sp³-hybridized carbons (Fsp3) is 0.0714. The Bertz CT molecular complexity index is 599. The minimum absolute atomic E-state index is 0.153. The van der Waals surface area contributed by atoms with E-state index in [-0.39, 0.29) is 18.3 Å². The van der Waals surface area contributed by atoms with Crippen LogP contribution in [0, 0.1) is 11.2 Å². The Labute approximate surface area is 115 Å². The Balaban J connectivity index is 2.18. The maximum absolute atomic E-state index is 12.8. The minimum Gasteiger partial charge on any atom is -0.488 e. The average Bonchev–Trinajstić information content (AvgIpc) is 2.37. The first-order valence-corrected chi connectivity index (χ1v) is 5.96. The molecule has 0 spiro atoms. The summed E-state index contributed by atoms with van der Waals surface area (Å²) in [5, 5.41) is 7.86. The normalized spacial score (nSPS) is 10.2. The van der Waals surface area contributed by atoms with E-state index < -0.39 is 0 Å². The highest BCUT2D eigenvalue weighted by Crippen LogP contribution is 2.26. The van der Waals surface area contributed by atoms with Crippen LogP contribution in [-0.2, 0) is 6.61 Å². The molecule has 0 fully saturated rings. The van der Waals surface area contributed by atoms with Crippen molar-refractivity contribution in [1.29, 1.82) is 5.41 Å². The number of ether oxygens (including phenoxy) is 1. The van der Waals surface area contributed by atoms with E-state index >= 15 is 0 Å². The van der Waals surface area contributed by atoms with Crippen molar-refractivity contribution in [2.24, 2.45) is 5.73 Å². The van der Waals surface area contributed by atoms with E-state index in [2.05, 4.69) is 0 Å². The molecule has 0 saturated carbocycles. The molecule has 0 saturated heterocycles. The van der Waals surface area contributed by atoms with Gasteiger partial charge < -0.3 is 10.5 Å². The molecule has 5 heteroatoms. The minimum atomic E-state index is -0.295. The van der Waals surface area contributed by atoms with Crippen molar-refractivity contribution in [1.82, 2.24) is 0 Å². The topological polar surface area (TPSA) is 59.1 Å². The first kappa shape index (κ1) is 13.4. The molecular formula is C14H12ClFN2O. The molecule has 0 aliphatic carbocycles. The Hall–Kier alpha value is -2.07. The van der Waals surface area contributed by atoms with Crippen LogP contribution in [0.2, 0.25) is 5.02 Å². The van der Waals surface area contributed by atoms with Gasteiger partial charge in [0, 0.05) is 0 Å². The first-order chi connectivity index (χ1) is 9.08. The summed E-state index contributed by atoms with van der Waals surface area (Å²) in [7, 11) is 0. The Morgan fingerprint density at radius 3 is 2.53 bits per heavy atom. The van der Waals surface area contributed by atoms with E-state index in [1.807, 2.05) is 0 Å². The van der Waals surface area contributed by atoms with Crippen LogP contribution in [0.15, 0.2) is 42.5 Å². The highest BCUT2D eigenvalue weighted by atomic mass is 35.5. The van der Waals surface area contributed by atoms with E-state index in [0.717, 1.165) is 5.56 Å². The second-order valence-corrected chi connectivity index (χ2v) is 4.35. The van der Waals surface area contributed by atoms with Gasteiger partial charge in [-0.05, 0) is 29.8 Å². The standard InChI is InChI=1S/C14H12ClFN2O/c15-11-2-1-3-12(13(11)14(17)18)19-8-9-4-6-10(16)7-5-9/h1-7H,8H2,(H3,17,18). The Kier molecular flexibility index (Phi) is 4.02. The molecule has 98 valence electrons. The van der Waals surface area contributed by atoms with E-state index in [1.165, 1.54) is 12.1 Å². The highest BCUT2D eigenvalue weighted by molar-refractivity contribution is 6.34. The number of hydrogen-bond acceptors (Lipinski definition) is 2. The Morgan fingerprint density at radius 2 is 1.89 bits per heavy atom. The summed E-state index contributed by atoms with van der Waals surface area (Å²) in [4.78, 5) is 0. The van der Waals surface area contributed by atoms with Gasteiger partial charge in [-0.2, -0.15) is 0 Å². The van der Waals surface area contributed by atoms with Gasteiger partial charge in [-0.15, -0.1) is 0 Å². The van der Waals surface area contributed by atoms with Gasteiger partial charge in [0.25, 0.3) is 0 Å². The summed E-state index contributed by atoms with van der Waals surface area (Å²) >= 11 is 5.98. The van der Waals surface area contributed by atoms with Crippen LogP contribution in [0.25, 0.3) is 0 Å². The maximum Gasteiger partial charge on any atom is 0.132 e. The molecule has 2 aromatic carbocycles. The van der Waals surface area contributed by atoms with Gasteiger partial charge in [-0.3, -0.25) is 5.41 Å². The number of rotatable bonds is 4. The molecule has 0 aliphatic heterocycles. The second-order valence-electron chi connectivity index (χ2n) is 3.94. The molecule has 19 heavy (non-hydrogen) atoms. The number of benzene rings is 2. The van der Waals surface area contributed by atoms with Gasteiger partial charge in [-0.1, -0.05) is 29.8 Å². The van der Waals surface area contributed by atoms with Crippen LogP contribution < -0.4 is 10.5 Å². The van der Waals surface area contributed by atoms with Gasteiger partial charge in [0.05, 0.1) is 10.6 Å². The monoisotopic (exact) mass is 278 g/mol. The molecular weight excluding hydrogens is 267 g/mol. The van der Waals surface area contributed by atoms with Crippen molar-refractivity contribution in [3.8, 4) is 5.75 Å². The van der Waals surface area contributed by atoms with Crippen molar-refractivity contribution in [3.05, 3.63) is 64.4 Å². The third kappa shape index (κ3) is 3.23. The molecule has 0 atom stereocenters. The van der Waals surface area contributed by atoms with E-state index in [0.29, 0.717) is 16.3 Å². The smallest absolute Gasteiger partial charge is 0.132 e. The number of hydrogen-bond donors (Lipinski definition) is 2. The molecule has 0 amide bonds. The molecule has 2 aromatic rings. The maximum atomic E-state index is 12.8. The SMILES string of the molecule is N=C(N)c1c(Cl)cccc1OCc1ccc(F)cc1. The van der Waals surface area contributed by atoms with Gasteiger partial charge >= 0.3 is 0 Å². The van der Waals surface area contributed by atoms with Crippen molar-refractivity contribution in [2.45, 2.75) is 6.61 Å². The van der Waals surface area contributed by atoms with Gasteiger partial charge in [0.1, 0.15) is 24.0 Å². The van der Waals surface area contributed by atoms with Crippen LogP contribution in [-0.4, -0.2) is 5.84 Å². The predicted molar refractivity (Wildman–Crippen MR) is 73.2 cm³/mol. The van der Waals surface area contributed by atoms with Crippen molar-refractivity contribution >= 4 is 17.4 Å². The molecule has 3 nitrogen and oxygen atoms in total. The second kappa shape index (κ2) is 5.71. The summed E-state index contributed by atoms with van der Waals surface area (Å²) in [5.41, 5.74) is 6.66. The summed E-state index contributed by atoms with van der Waals surface area (Å²) < 4.78 is 18.3. The molecule has 2 rings (SSSR count). The van der Waals surface area contributed by atoms with Crippen molar-refractivity contribution < 1.29 is 9.13 Å². The van der Waals surface area contributed by atoms with Crippen molar-refractivity contribution in [3.63, 3.8) is 0 Å². The van der Waals surface area contributed by atoms with Crippen LogP contribution in [0.3, 0.4) is 0 Å². The predicted octanol–water partition coefficient (Wildman–Crippen LogP) is 3.34. The molecule has 3 N–H and O–H groups in total. The van der Waals surface area contributed by atoms with Crippen molar-refractivity contribution in [2.75, 3.05) is 0 Å². The lowest BCUT2D eigenvalue weighted by molar-refractivity contribution is 0.305. The first-order valence-electron chi connectivity index (χ1n) is 5.58. The third-order valence-corrected chi connectivity index (χ3v) is 2.87. The zero-order chi connectivity index (χ0) is 13.8. The lowest BCUT2D eigenvalue weighted by Gasteiger charge is -2.11. The van der Waals surface area contributed by atoms with Gasteiger partial charge in [0.2, 0.25) is 0 Å². The van der Waals surface area contributed by atoms with Crippen LogP contribution in [0.5, 0.6) is 5.75 Å². The number of nitrogens with one attached hydrogen (secondary N) is 1. The number of amidine groups is 1. The van der Waals surface area contributed by atoms with E-state index in [1.54, 1.807) is 30.3 Å². The zero-order valence-electron chi connectivity index (χ0n) is 9.99. The fourth-order valence-electron chi connectivity index (χ4n) is 1.63. The summed E-state index contributed by atoms with van der Waals surface area (Å²) in [6.07, 6.45) is 0. The third-order valence-electron chi connectivity index (χ3n) is 2.55. The van der Waals surface area contributed by atoms with E-state index in [9.17, 15) is 4.39 Å². The summed E-state index contributed by atoms with van der Waals surface area (Å²) in [5.74, 6) is -0.0139. The Morgan fingerprint density at radius 1 is 1.21 bits per heavy atom. The molecule has 0 radical (unpaired) electrons. The largest absolute Gasteiger partial charge is 0.488 e. The van der Waals surface area contributed by atoms with Crippen LogP contribution >= 0.6 is 11.6 Å². The number of nitrogens with two attached hydrogens (primary N) is 1.